The molecule has 162 valence electrons. The number of aromatic nitrogens is 4. The van der Waals surface area contributed by atoms with Crippen LogP contribution in [0.4, 0.5) is 4.79 Å². The molecule has 0 spiro atoms. The van der Waals surface area contributed by atoms with Crippen LogP contribution in [0.15, 0.2) is 64.1 Å². The highest BCUT2D eigenvalue weighted by Gasteiger charge is 2.26. The van der Waals surface area contributed by atoms with Gasteiger partial charge in [-0.05, 0) is 24.3 Å². The van der Waals surface area contributed by atoms with Gasteiger partial charge in [0.1, 0.15) is 5.82 Å². The molecular weight excluding hydrogens is 464 g/mol. The zero-order valence-electron chi connectivity index (χ0n) is 16.8. The standard InChI is InChI=1S/C21H18N6O2S3/c28-18(26-11-10-22-19(26)29)13-30-20-25-24-17(27(20)14-6-2-1-3-7-14)12-31-21-23-15-8-4-5-9-16(15)32-21/h1-9H,10-13H2,(H,22,29). The van der Waals surface area contributed by atoms with Crippen molar-refractivity contribution < 1.29 is 9.59 Å². The van der Waals surface area contributed by atoms with Crippen molar-refractivity contribution in [2.45, 2.75) is 15.2 Å². The predicted molar refractivity (Wildman–Crippen MR) is 126 cm³/mol. The number of amides is 3. The monoisotopic (exact) mass is 482 g/mol. The lowest BCUT2D eigenvalue weighted by atomic mass is 10.3. The summed E-state index contributed by atoms with van der Waals surface area (Å²) in [5.74, 6) is 1.24. The molecule has 0 aliphatic carbocycles. The fourth-order valence-electron chi connectivity index (χ4n) is 3.28. The van der Waals surface area contributed by atoms with Crippen LogP contribution >= 0.6 is 34.9 Å². The molecule has 1 N–H and O–H groups in total. The van der Waals surface area contributed by atoms with E-state index >= 15 is 0 Å². The lowest BCUT2D eigenvalue weighted by molar-refractivity contribution is -0.124. The van der Waals surface area contributed by atoms with E-state index in [9.17, 15) is 9.59 Å². The van der Waals surface area contributed by atoms with Crippen molar-refractivity contribution >= 4 is 57.0 Å². The number of thioether (sulfide) groups is 2. The topological polar surface area (TPSA) is 93.0 Å². The fourth-order valence-corrected chi connectivity index (χ4v) is 6.10. The minimum Gasteiger partial charge on any atom is -0.336 e. The molecule has 1 aliphatic rings. The largest absolute Gasteiger partial charge is 0.336 e. The van der Waals surface area contributed by atoms with Gasteiger partial charge in [0.05, 0.1) is 21.7 Å². The van der Waals surface area contributed by atoms with E-state index in [1.165, 1.54) is 16.7 Å². The first kappa shape index (κ1) is 21.0. The quantitative estimate of drug-likeness (QED) is 0.400. The van der Waals surface area contributed by atoms with Gasteiger partial charge in [0.2, 0.25) is 5.91 Å². The van der Waals surface area contributed by atoms with Gasteiger partial charge < -0.3 is 5.32 Å². The van der Waals surface area contributed by atoms with Gasteiger partial charge in [0.15, 0.2) is 9.50 Å². The number of carbonyl (C=O) groups excluding carboxylic acids is 2. The maximum atomic E-state index is 12.5. The van der Waals surface area contributed by atoms with Crippen molar-refractivity contribution in [2.24, 2.45) is 0 Å². The number of hydrogen-bond acceptors (Lipinski definition) is 8. The molecule has 0 atom stereocenters. The number of nitrogens with one attached hydrogen (secondary N) is 1. The van der Waals surface area contributed by atoms with Crippen molar-refractivity contribution in [3.63, 3.8) is 0 Å². The van der Waals surface area contributed by atoms with E-state index in [0.717, 1.165) is 26.1 Å². The van der Waals surface area contributed by atoms with Gasteiger partial charge >= 0.3 is 6.03 Å². The first-order valence-electron chi connectivity index (χ1n) is 9.88. The summed E-state index contributed by atoms with van der Waals surface area (Å²) in [5.41, 5.74) is 1.91. The minimum absolute atomic E-state index is 0.114. The summed E-state index contributed by atoms with van der Waals surface area (Å²) < 4.78 is 4.08. The molecule has 32 heavy (non-hydrogen) atoms. The van der Waals surface area contributed by atoms with Crippen molar-refractivity contribution in [1.29, 1.82) is 0 Å². The molecule has 8 nitrogen and oxygen atoms in total. The summed E-state index contributed by atoms with van der Waals surface area (Å²) in [5, 5.41) is 12.0. The maximum absolute atomic E-state index is 12.5. The number of imide groups is 1. The van der Waals surface area contributed by atoms with E-state index in [4.69, 9.17) is 0 Å². The Morgan fingerprint density at radius 1 is 1.06 bits per heavy atom. The second-order valence-corrected chi connectivity index (χ2v) is 10.1. The summed E-state index contributed by atoms with van der Waals surface area (Å²) >= 11 is 4.55. The Morgan fingerprint density at radius 3 is 2.66 bits per heavy atom. The molecular formula is C21H18N6O2S3. The highest BCUT2D eigenvalue weighted by molar-refractivity contribution is 8.00. The number of carbonyl (C=O) groups is 2. The molecule has 2 aromatic carbocycles. The number of benzene rings is 2. The van der Waals surface area contributed by atoms with E-state index in [2.05, 4.69) is 26.6 Å². The molecule has 1 saturated heterocycles. The second kappa shape index (κ2) is 9.31. The Morgan fingerprint density at radius 2 is 1.88 bits per heavy atom. The summed E-state index contributed by atoms with van der Waals surface area (Å²) in [6, 6.07) is 17.5. The third-order valence-corrected chi connectivity index (χ3v) is 7.89. The molecule has 3 amide bonds. The average Bonchev–Trinajstić information content (AvgIpc) is 3.54. The molecule has 0 unspecified atom stereocenters. The third kappa shape index (κ3) is 4.36. The second-order valence-electron chi connectivity index (χ2n) is 6.87. The van der Waals surface area contributed by atoms with E-state index in [0.29, 0.717) is 24.0 Å². The number of fused-ring (bicyclic) bond motifs is 1. The third-order valence-electron chi connectivity index (χ3n) is 4.80. The van der Waals surface area contributed by atoms with Gasteiger partial charge in [0, 0.05) is 18.8 Å². The van der Waals surface area contributed by atoms with Crippen LogP contribution in [0, 0.1) is 0 Å². The summed E-state index contributed by atoms with van der Waals surface area (Å²) in [7, 11) is 0. The van der Waals surface area contributed by atoms with E-state index in [1.54, 1.807) is 23.1 Å². The first-order valence-corrected chi connectivity index (χ1v) is 12.7. The molecule has 1 aliphatic heterocycles. The van der Waals surface area contributed by atoms with Crippen LogP contribution in [-0.2, 0) is 10.5 Å². The van der Waals surface area contributed by atoms with Gasteiger partial charge in [-0.15, -0.1) is 21.5 Å². The average molecular weight is 483 g/mol. The number of para-hydroxylation sites is 2. The molecule has 0 bridgehead atoms. The summed E-state index contributed by atoms with van der Waals surface area (Å²) in [6.07, 6.45) is 0. The van der Waals surface area contributed by atoms with Crippen LogP contribution in [0.25, 0.3) is 15.9 Å². The van der Waals surface area contributed by atoms with Crippen LogP contribution in [0.2, 0.25) is 0 Å². The predicted octanol–water partition coefficient (Wildman–Crippen LogP) is 3.81. The highest BCUT2D eigenvalue weighted by atomic mass is 32.2. The molecule has 0 radical (unpaired) electrons. The van der Waals surface area contributed by atoms with E-state index in [-0.39, 0.29) is 17.7 Å². The fraction of sp³-hybridized carbons (Fsp3) is 0.190. The van der Waals surface area contributed by atoms with Gasteiger partial charge in [-0.1, -0.05) is 53.9 Å². The van der Waals surface area contributed by atoms with Crippen molar-refractivity contribution in [2.75, 3.05) is 18.8 Å². The normalized spacial score (nSPS) is 13.6. The Hall–Kier alpha value is -2.89. The molecule has 3 heterocycles. The molecule has 1 fully saturated rings. The molecule has 11 heteroatoms. The molecule has 0 saturated carbocycles. The molecule has 4 aromatic rings. The van der Waals surface area contributed by atoms with Crippen LogP contribution in [-0.4, -0.2) is 55.4 Å². The number of urea groups is 1. The van der Waals surface area contributed by atoms with E-state index < -0.39 is 0 Å². The Bertz CT molecular complexity index is 1240. The lowest BCUT2D eigenvalue weighted by Crippen LogP contribution is -2.35. The number of hydrogen-bond donors (Lipinski definition) is 1. The van der Waals surface area contributed by atoms with Gasteiger partial charge in [-0.3, -0.25) is 14.3 Å². The first-order chi connectivity index (χ1) is 15.7. The maximum Gasteiger partial charge on any atom is 0.324 e. The van der Waals surface area contributed by atoms with Crippen LogP contribution in [0.3, 0.4) is 0 Å². The minimum atomic E-state index is -0.340. The highest BCUT2D eigenvalue weighted by Crippen LogP contribution is 2.32. The van der Waals surface area contributed by atoms with Gasteiger partial charge in [0.25, 0.3) is 0 Å². The van der Waals surface area contributed by atoms with Crippen molar-refractivity contribution in [3.05, 3.63) is 60.4 Å². The SMILES string of the molecule is O=C(CSc1nnc(CSc2nc3ccccc3s2)n1-c1ccccc1)N1CCNC1=O. The summed E-state index contributed by atoms with van der Waals surface area (Å²) in [6.45, 7) is 0.885. The van der Waals surface area contributed by atoms with Gasteiger partial charge in [-0.25, -0.2) is 9.78 Å². The summed E-state index contributed by atoms with van der Waals surface area (Å²) in [4.78, 5) is 30.1. The lowest BCUT2D eigenvalue weighted by Gasteiger charge is -2.12. The number of rotatable bonds is 7. The van der Waals surface area contributed by atoms with E-state index in [1.807, 2.05) is 53.1 Å². The zero-order chi connectivity index (χ0) is 21.9. The molecule has 2 aromatic heterocycles. The van der Waals surface area contributed by atoms with Crippen LogP contribution in [0.5, 0.6) is 0 Å². The van der Waals surface area contributed by atoms with Gasteiger partial charge in [-0.2, -0.15) is 0 Å². The number of thiazole rings is 1. The van der Waals surface area contributed by atoms with Crippen molar-refractivity contribution in [1.82, 2.24) is 30.0 Å². The van der Waals surface area contributed by atoms with Crippen LogP contribution < -0.4 is 5.32 Å². The smallest absolute Gasteiger partial charge is 0.324 e. The molecule has 5 rings (SSSR count). The number of nitrogens with zero attached hydrogens (tertiary/aromatic N) is 5. The Balaban J connectivity index is 1.36. The Kier molecular flexibility index (Phi) is 6.10. The zero-order valence-corrected chi connectivity index (χ0v) is 19.3. The van der Waals surface area contributed by atoms with Crippen LogP contribution in [0.1, 0.15) is 5.82 Å². The van der Waals surface area contributed by atoms with Crippen molar-refractivity contribution in [3.8, 4) is 5.69 Å². The Labute approximate surface area is 196 Å².